The first-order valence-electron chi connectivity index (χ1n) is 11.6. The predicted molar refractivity (Wildman–Crippen MR) is 121 cm³/mol. The first-order valence-corrected chi connectivity index (χ1v) is 11.6. The molecule has 1 aliphatic carbocycles. The molecule has 0 aromatic heterocycles. The zero-order valence-corrected chi connectivity index (χ0v) is 19.4. The van der Waals surface area contributed by atoms with Crippen LogP contribution in [0.5, 0.6) is 23.0 Å². The van der Waals surface area contributed by atoms with Crippen LogP contribution in [0.25, 0.3) is 0 Å². The summed E-state index contributed by atoms with van der Waals surface area (Å²) in [6.45, 7) is 4.60. The molecule has 0 saturated heterocycles. The average molecular weight is 483 g/mol. The van der Waals surface area contributed by atoms with Crippen LogP contribution in [0.15, 0.2) is 36.4 Å². The lowest BCUT2D eigenvalue weighted by Gasteiger charge is -2.23. The first kappa shape index (κ1) is 25.7. The molecule has 0 fully saturated rings. The van der Waals surface area contributed by atoms with Crippen LogP contribution in [0.1, 0.15) is 39.5 Å². The summed E-state index contributed by atoms with van der Waals surface area (Å²) in [6.07, 6.45) is 6.94. The summed E-state index contributed by atoms with van der Waals surface area (Å²) in [4.78, 5) is 0. The van der Waals surface area contributed by atoms with E-state index in [0.29, 0.717) is 6.61 Å². The molecule has 3 rings (SSSR count). The van der Waals surface area contributed by atoms with E-state index < -0.39 is 23.3 Å². The van der Waals surface area contributed by atoms with Crippen molar-refractivity contribution >= 4 is 0 Å². The van der Waals surface area contributed by atoms with Gasteiger partial charge >= 0.3 is 0 Å². The first-order chi connectivity index (χ1) is 16.4. The fourth-order valence-electron chi connectivity index (χ4n) is 3.56. The lowest BCUT2D eigenvalue weighted by Crippen LogP contribution is -2.20. The summed E-state index contributed by atoms with van der Waals surface area (Å²) in [5.74, 6) is -4.84. The molecule has 0 aliphatic heterocycles. The molecule has 2 unspecified atom stereocenters. The smallest absolute Gasteiger partial charge is 0.204 e. The quantitative estimate of drug-likeness (QED) is 0.188. The number of hydrogen-bond acceptors (Lipinski definition) is 4. The Bertz CT molecular complexity index is 980. The van der Waals surface area contributed by atoms with Crippen LogP contribution in [-0.2, 0) is 0 Å². The normalized spacial score (nSPS) is 17.5. The monoisotopic (exact) mass is 482 g/mol. The van der Waals surface area contributed by atoms with Crippen LogP contribution in [0.2, 0.25) is 0 Å². The summed E-state index contributed by atoms with van der Waals surface area (Å²) in [5, 5.41) is 0. The number of unbranched alkanes of at least 4 members (excludes halogenated alkanes) is 1. The second-order valence-corrected chi connectivity index (χ2v) is 8.12. The van der Waals surface area contributed by atoms with Crippen LogP contribution in [0.3, 0.4) is 0 Å². The van der Waals surface area contributed by atoms with Gasteiger partial charge in [-0.3, -0.25) is 0 Å². The maximum atomic E-state index is 14.3. The van der Waals surface area contributed by atoms with E-state index in [1.807, 2.05) is 19.1 Å². The predicted octanol–water partition coefficient (Wildman–Crippen LogP) is 6.86. The lowest BCUT2D eigenvalue weighted by molar-refractivity contribution is 0.214. The third-order valence-corrected chi connectivity index (χ3v) is 5.55. The van der Waals surface area contributed by atoms with E-state index in [4.69, 9.17) is 18.9 Å². The third kappa shape index (κ3) is 6.58. The van der Waals surface area contributed by atoms with Gasteiger partial charge in [0.25, 0.3) is 0 Å². The Balaban J connectivity index is 1.48. The van der Waals surface area contributed by atoms with Gasteiger partial charge in [-0.05, 0) is 50.5 Å². The highest BCUT2D eigenvalue weighted by atomic mass is 19.2. The van der Waals surface area contributed by atoms with Crippen molar-refractivity contribution in [1.29, 1.82) is 0 Å². The minimum atomic E-state index is -1.08. The number of ether oxygens (including phenoxy) is 4. The van der Waals surface area contributed by atoms with Crippen molar-refractivity contribution in [2.24, 2.45) is 11.8 Å². The van der Waals surface area contributed by atoms with Gasteiger partial charge in [0, 0.05) is 11.8 Å². The third-order valence-electron chi connectivity index (χ3n) is 5.55. The van der Waals surface area contributed by atoms with Crippen LogP contribution in [-0.4, -0.2) is 26.4 Å². The van der Waals surface area contributed by atoms with Gasteiger partial charge in [0.05, 0.1) is 26.4 Å². The van der Waals surface area contributed by atoms with Gasteiger partial charge in [0.2, 0.25) is 23.3 Å². The van der Waals surface area contributed by atoms with Crippen molar-refractivity contribution in [2.75, 3.05) is 26.4 Å². The Kier molecular flexibility index (Phi) is 9.48. The largest absolute Gasteiger partial charge is 0.491 e. The SMILES string of the molecule is CCCCOc1ccc(OCC2C=CC(COc3ccc(OCC)c(F)c3F)CC2)c(F)c1F. The standard InChI is InChI=1S/C26H30F4O4/c1-3-5-14-32-20-11-13-22(26(30)24(20)28)34-16-18-8-6-17(7-9-18)15-33-21-12-10-19(31-4-2)23(27)25(21)29/h6,8,10-13,17-18H,3-5,7,9,14-16H2,1-2H3. The average Bonchev–Trinajstić information content (AvgIpc) is 2.84. The number of hydrogen-bond donors (Lipinski definition) is 0. The van der Waals surface area contributed by atoms with Crippen molar-refractivity contribution in [3.8, 4) is 23.0 Å². The molecule has 8 heteroatoms. The summed E-state index contributed by atoms with van der Waals surface area (Å²) in [6, 6.07) is 5.43. The highest BCUT2D eigenvalue weighted by molar-refractivity contribution is 5.36. The maximum Gasteiger partial charge on any atom is 0.204 e. The Morgan fingerprint density at radius 1 is 0.647 bits per heavy atom. The van der Waals surface area contributed by atoms with Gasteiger partial charge in [-0.15, -0.1) is 0 Å². The summed E-state index contributed by atoms with van der Waals surface area (Å²) < 4.78 is 77.9. The van der Waals surface area contributed by atoms with Gasteiger partial charge < -0.3 is 18.9 Å². The Labute approximate surface area is 197 Å². The molecule has 0 heterocycles. The Morgan fingerprint density at radius 2 is 1.06 bits per heavy atom. The van der Waals surface area contributed by atoms with Crippen LogP contribution in [0.4, 0.5) is 17.6 Å². The second-order valence-electron chi connectivity index (χ2n) is 8.12. The van der Waals surface area contributed by atoms with Gasteiger partial charge in [-0.25, -0.2) is 0 Å². The number of halogens is 4. The molecule has 0 saturated carbocycles. The fraction of sp³-hybridized carbons (Fsp3) is 0.462. The van der Waals surface area contributed by atoms with Crippen molar-refractivity contribution < 1.29 is 36.5 Å². The molecule has 34 heavy (non-hydrogen) atoms. The van der Waals surface area contributed by atoms with Gasteiger partial charge in [0.15, 0.2) is 23.0 Å². The van der Waals surface area contributed by atoms with Gasteiger partial charge in [0.1, 0.15) is 0 Å². The van der Waals surface area contributed by atoms with Crippen LogP contribution in [0, 0.1) is 35.1 Å². The minimum absolute atomic E-state index is 0.0128. The van der Waals surface area contributed by atoms with E-state index in [0.717, 1.165) is 25.7 Å². The van der Waals surface area contributed by atoms with E-state index in [1.165, 1.54) is 24.3 Å². The minimum Gasteiger partial charge on any atom is -0.491 e. The Hall–Kier alpha value is -2.90. The van der Waals surface area contributed by atoms with Crippen LogP contribution >= 0.6 is 0 Å². The van der Waals surface area contributed by atoms with Crippen molar-refractivity contribution in [3.05, 3.63) is 59.7 Å². The molecule has 4 nitrogen and oxygen atoms in total. The van der Waals surface area contributed by atoms with Crippen molar-refractivity contribution in [1.82, 2.24) is 0 Å². The molecule has 0 bridgehead atoms. The van der Waals surface area contributed by atoms with Gasteiger partial charge in [-0.2, -0.15) is 17.6 Å². The van der Waals surface area contributed by atoms with E-state index in [-0.39, 0.29) is 54.7 Å². The molecule has 1 aliphatic rings. The summed E-state index contributed by atoms with van der Waals surface area (Å²) >= 11 is 0. The fourth-order valence-corrected chi connectivity index (χ4v) is 3.56. The van der Waals surface area contributed by atoms with E-state index >= 15 is 0 Å². The molecule has 0 amide bonds. The highest BCUT2D eigenvalue weighted by Crippen LogP contribution is 2.31. The molecule has 186 valence electrons. The van der Waals surface area contributed by atoms with Crippen molar-refractivity contribution in [3.63, 3.8) is 0 Å². The summed E-state index contributed by atoms with van der Waals surface area (Å²) in [7, 11) is 0. The highest BCUT2D eigenvalue weighted by Gasteiger charge is 2.21. The number of rotatable bonds is 12. The molecule has 0 spiro atoms. The molecule has 2 aromatic rings. The molecule has 0 radical (unpaired) electrons. The van der Waals surface area contributed by atoms with E-state index in [2.05, 4.69) is 0 Å². The number of benzene rings is 2. The molecule has 0 N–H and O–H groups in total. The maximum absolute atomic E-state index is 14.3. The van der Waals surface area contributed by atoms with Crippen LogP contribution < -0.4 is 18.9 Å². The Morgan fingerprint density at radius 3 is 1.44 bits per heavy atom. The van der Waals surface area contributed by atoms with Crippen molar-refractivity contribution in [2.45, 2.75) is 39.5 Å². The zero-order chi connectivity index (χ0) is 24.5. The van der Waals surface area contributed by atoms with E-state index in [9.17, 15) is 17.6 Å². The second kappa shape index (κ2) is 12.5. The summed E-state index contributed by atoms with van der Waals surface area (Å²) in [5.41, 5.74) is 0. The zero-order valence-electron chi connectivity index (χ0n) is 19.4. The molecule has 2 aromatic carbocycles. The molecular formula is C26H30F4O4. The molecule has 2 atom stereocenters. The van der Waals surface area contributed by atoms with Gasteiger partial charge in [-0.1, -0.05) is 25.5 Å². The lowest BCUT2D eigenvalue weighted by atomic mass is 9.89. The van der Waals surface area contributed by atoms with E-state index in [1.54, 1.807) is 6.92 Å². The topological polar surface area (TPSA) is 36.9 Å². The molecular weight excluding hydrogens is 452 g/mol.